The maximum atomic E-state index is 11.1. The fraction of sp³-hybridized carbons (Fsp3) is 0.462. The topological polar surface area (TPSA) is 70.7 Å². The van der Waals surface area contributed by atoms with E-state index < -0.39 is 5.97 Å². The van der Waals surface area contributed by atoms with Crippen molar-refractivity contribution in [1.29, 1.82) is 0 Å². The van der Waals surface area contributed by atoms with Crippen LogP contribution >= 0.6 is 15.9 Å². The van der Waals surface area contributed by atoms with Crippen molar-refractivity contribution < 1.29 is 9.90 Å². The quantitative estimate of drug-likeness (QED) is 0.926. The van der Waals surface area contributed by atoms with Crippen molar-refractivity contribution in [3.05, 3.63) is 22.4 Å². The van der Waals surface area contributed by atoms with Crippen LogP contribution in [-0.4, -0.2) is 39.3 Å². The molecule has 0 bridgehead atoms. The molecule has 1 fully saturated rings. The Morgan fingerprint density at radius 3 is 2.90 bits per heavy atom. The Bertz CT molecular complexity index is 666. The van der Waals surface area contributed by atoms with Gasteiger partial charge in [0.05, 0.1) is 0 Å². The van der Waals surface area contributed by atoms with Crippen LogP contribution in [0.2, 0.25) is 0 Å². The number of carboxylic acids is 1. The van der Waals surface area contributed by atoms with Crippen molar-refractivity contribution in [2.24, 2.45) is 5.92 Å². The predicted molar refractivity (Wildman–Crippen MR) is 78.3 cm³/mol. The van der Waals surface area contributed by atoms with Gasteiger partial charge in [-0.05, 0) is 46.8 Å². The van der Waals surface area contributed by atoms with Gasteiger partial charge in [-0.3, -0.25) is 0 Å². The molecular formula is C13H15BrN4O2. The molecular weight excluding hydrogens is 324 g/mol. The Morgan fingerprint density at radius 1 is 1.55 bits per heavy atom. The normalized spacial score (nSPS) is 15.3. The van der Waals surface area contributed by atoms with Crippen molar-refractivity contribution in [3.63, 3.8) is 0 Å². The van der Waals surface area contributed by atoms with E-state index in [0.29, 0.717) is 10.3 Å². The highest BCUT2D eigenvalue weighted by Gasteiger charge is 2.21. The fourth-order valence-electron chi connectivity index (χ4n) is 2.39. The number of aromatic nitrogens is 3. The molecule has 0 amide bonds. The molecule has 1 aliphatic carbocycles. The van der Waals surface area contributed by atoms with Gasteiger partial charge in [0.25, 0.3) is 0 Å². The van der Waals surface area contributed by atoms with Crippen LogP contribution in [0.3, 0.4) is 0 Å². The van der Waals surface area contributed by atoms with Crippen molar-refractivity contribution in [3.8, 4) is 0 Å². The molecule has 0 aliphatic heterocycles. The van der Waals surface area contributed by atoms with Crippen LogP contribution in [-0.2, 0) is 0 Å². The number of fused-ring (bicyclic) bond motifs is 1. The van der Waals surface area contributed by atoms with Gasteiger partial charge in [0.15, 0.2) is 11.3 Å². The second kappa shape index (κ2) is 5.05. The fourth-order valence-corrected chi connectivity index (χ4v) is 2.91. The summed E-state index contributed by atoms with van der Waals surface area (Å²) >= 11 is 3.25. The molecule has 2 heterocycles. The second-order valence-electron chi connectivity index (χ2n) is 5.20. The van der Waals surface area contributed by atoms with Gasteiger partial charge in [0.2, 0.25) is 0 Å². The smallest absolute Gasteiger partial charge is 0.357 e. The zero-order valence-corrected chi connectivity index (χ0v) is 12.7. The lowest BCUT2D eigenvalue weighted by Crippen LogP contribution is -2.30. The number of carboxylic acid groups (broad SMARTS) is 1. The van der Waals surface area contributed by atoms with Gasteiger partial charge in [0, 0.05) is 13.6 Å². The maximum absolute atomic E-state index is 11.1. The van der Waals surface area contributed by atoms with E-state index in [1.165, 1.54) is 23.8 Å². The van der Waals surface area contributed by atoms with Gasteiger partial charge in [-0.2, -0.15) is 0 Å². The Hall–Kier alpha value is -1.63. The van der Waals surface area contributed by atoms with Gasteiger partial charge in [-0.25, -0.2) is 14.3 Å². The molecule has 0 spiro atoms. The number of carbonyl (C=O) groups is 1. The van der Waals surface area contributed by atoms with Gasteiger partial charge in [-0.1, -0.05) is 6.42 Å². The van der Waals surface area contributed by atoms with Crippen molar-refractivity contribution in [2.75, 3.05) is 18.5 Å². The van der Waals surface area contributed by atoms with Crippen molar-refractivity contribution in [2.45, 2.75) is 19.3 Å². The molecule has 0 aromatic carbocycles. The van der Waals surface area contributed by atoms with Gasteiger partial charge in [0.1, 0.15) is 10.4 Å². The van der Waals surface area contributed by atoms with E-state index >= 15 is 0 Å². The third-order valence-corrected chi connectivity index (χ3v) is 4.47. The van der Waals surface area contributed by atoms with E-state index in [1.54, 1.807) is 6.07 Å². The molecule has 1 N–H and O–H groups in total. The van der Waals surface area contributed by atoms with E-state index in [9.17, 15) is 4.79 Å². The molecule has 0 radical (unpaired) electrons. The zero-order chi connectivity index (χ0) is 14.3. The van der Waals surface area contributed by atoms with Crippen LogP contribution in [0.5, 0.6) is 0 Å². The Morgan fingerprint density at radius 2 is 2.30 bits per heavy atom. The molecule has 1 saturated carbocycles. The number of halogens is 1. The summed E-state index contributed by atoms with van der Waals surface area (Å²) in [6.45, 7) is 0.983. The average Bonchev–Trinajstić information content (AvgIpc) is 2.71. The highest BCUT2D eigenvalue weighted by molar-refractivity contribution is 9.10. The van der Waals surface area contributed by atoms with Crippen LogP contribution in [0.15, 0.2) is 16.7 Å². The van der Waals surface area contributed by atoms with Crippen molar-refractivity contribution >= 4 is 33.4 Å². The maximum Gasteiger partial charge on any atom is 0.357 e. The minimum Gasteiger partial charge on any atom is -0.476 e. The Kier molecular flexibility index (Phi) is 3.37. The number of imidazole rings is 1. The van der Waals surface area contributed by atoms with Gasteiger partial charge < -0.3 is 10.0 Å². The van der Waals surface area contributed by atoms with E-state index in [1.807, 2.05) is 13.1 Å². The summed E-state index contributed by atoms with van der Waals surface area (Å²) in [5.74, 6) is 0.504. The van der Waals surface area contributed by atoms with Gasteiger partial charge in [-0.15, -0.1) is 5.10 Å². The molecule has 106 valence electrons. The molecule has 20 heavy (non-hydrogen) atoms. The predicted octanol–water partition coefficient (Wildman–Crippen LogP) is 2.43. The van der Waals surface area contributed by atoms with Gasteiger partial charge >= 0.3 is 5.97 Å². The highest BCUT2D eigenvalue weighted by atomic mass is 79.9. The lowest BCUT2D eigenvalue weighted by Gasteiger charge is -2.30. The molecule has 1 aliphatic rings. The summed E-state index contributed by atoms with van der Waals surface area (Å²) < 4.78 is 1.90. The lowest BCUT2D eigenvalue weighted by molar-refractivity contribution is 0.0690. The third-order valence-electron chi connectivity index (χ3n) is 3.76. The minimum atomic E-state index is -1.06. The number of hydrogen-bond donors (Lipinski definition) is 1. The number of hydrogen-bond acceptors (Lipinski definition) is 4. The molecule has 2 aromatic rings. The first-order valence-corrected chi connectivity index (χ1v) is 7.35. The summed E-state index contributed by atoms with van der Waals surface area (Å²) in [7, 11) is 2.01. The summed E-state index contributed by atoms with van der Waals surface area (Å²) in [4.78, 5) is 17.2. The largest absolute Gasteiger partial charge is 0.476 e. The summed E-state index contributed by atoms with van der Waals surface area (Å²) in [6, 6.07) is 3.66. The molecule has 0 atom stereocenters. The van der Waals surface area contributed by atoms with Crippen molar-refractivity contribution in [1.82, 2.24) is 14.6 Å². The number of rotatable bonds is 4. The van der Waals surface area contributed by atoms with Crippen LogP contribution in [0.25, 0.3) is 5.65 Å². The Labute approximate surface area is 124 Å². The number of aromatic carboxylic acids is 1. The molecule has 7 heteroatoms. The van der Waals surface area contributed by atoms with Crippen LogP contribution in [0.4, 0.5) is 5.82 Å². The van der Waals surface area contributed by atoms with Crippen LogP contribution in [0.1, 0.15) is 29.8 Å². The van der Waals surface area contributed by atoms with E-state index in [4.69, 9.17) is 5.11 Å². The Balaban J connectivity index is 1.92. The van der Waals surface area contributed by atoms with E-state index in [2.05, 4.69) is 30.9 Å². The zero-order valence-electron chi connectivity index (χ0n) is 11.1. The second-order valence-corrected chi connectivity index (χ2v) is 5.95. The summed E-state index contributed by atoms with van der Waals surface area (Å²) in [5, 5.41) is 13.5. The van der Waals surface area contributed by atoms with E-state index in [0.717, 1.165) is 18.3 Å². The average molecular weight is 339 g/mol. The van der Waals surface area contributed by atoms with Crippen LogP contribution < -0.4 is 4.90 Å². The SMILES string of the molecule is CN(CC1CCC1)c1ccc2nc(C(=O)O)c(Br)n2n1. The first-order valence-electron chi connectivity index (χ1n) is 6.56. The summed E-state index contributed by atoms with van der Waals surface area (Å²) in [5.41, 5.74) is 0.506. The van der Waals surface area contributed by atoms with E-state index in [-0.39, 0.29) is 5.69 Å². The number of anilines is 1. The molecule has 2 aromatic heterocycles. The third kappa shape index (κ3) is 2.26. The molecule has 3 rings (SSSR count). The first kappa shape index (κ1) is 13.4. The number of nitrogens with zero attached hydrogens (tertiary/aromatic N) is 4. The highest BCUT2D eigenvalue weighted by Crippen LogP contribution is 2.28. The standard InChI is InChI=1S/C13H15BrN4O2/c1-17(7-8-3-2-4-8)10-6-5-9-15-11(13(19)20)12(14)18(9)16-10/h5-6,8H,2-4,7H2,1H3,(H,19,20). The molecule has 0 saturated heterocycles. The molecule has 0 unspecified atom stereocenters. The monoisotopic (exact) mass is 338 g/mol. The first-order chi connectivity index (χ1) is 9.56. The van der Waals surface area contributed by atoms with Crippen LogP contribution in [0, 0.1) is 5.92 Å². The molecule has 6 nitrogen and oxygen atoms in total. The lowest BCUT2D eigenvalue weighted by atomic mass is 9.85. The summed E-state index contributed by atoms with van der Waals surface area (Å²) in [6.07, 6.45) is 3.88. The minimum absolute atomic E-state index is 0.0173.